The summed E-state index contributed by atoms with van der Waals surface area (Å²) in [7, 11) is 0. The number of nitrogens with zero attached hydrogens (tertiary/aromatic N) is 1. The van der Waals surface area contributed by atoms with Gasteiger partial charge in [0.15, 0.2) is 0 Å². The number of ether oxygens (including phenoxy) is 1. The highest BCUT2D eigenvalue weighted by Crippen LogP contribution is 2.24. The van der Waals surface area contributed by atoms with Crippen LogP contribution in [0.5, 0.6) is 5.75 Å². The van der Waals surface area contributed by atoms with Gasteiger partial charge in [-0.3, -0.25) is 9.59 Å². The van der Waals surface area contributed by atoms with Crippen molar-refractivity contribution >= 4 is 46.9 Å². The molecule has 0 fully saturated rings. The van der Waals surface area contributed by atoms with Crippen LogP contribution in [0.4, 0.5) is 5.69 Å². The minimum absolute atomic E-state index is 0.0193. The number of nitrogens with one attached hydrogen (secondary N) is 2. The Balaban J connectivity index is 1.48. The molecular weight excluding hydrogens is 449 g/mol. The molecule has 6 nitrogen and oxygen atoms in total. The van der Waals surface area contributed by atoms with Crippen molar-refractivity contribution in [3.63, 3.8) is 0 Å². The Hall–Kier alpha value is -3.35. The van der Waals surface area contributed by atoms with Gasteiger partial charge in [0, 0.05) is 24.1 Å². The zero-order chi connectivity index (χ0) is 22.8. The molecule has 164 valence electrons. The number of amides is 2. The van der Waals surface area contributed by atoms with Crippen LogP contribution in [0.1, 0.15) is 24.0 Å². The lowest BCUT2D eigenvalue weighted by Gasteiger charge is -2.09. The summed E-state index contributed by atoms with van der Waals surface area (Å²) in [6.07, 6.45) is 1.57. The van der Waals surface area contributed by atoms with E-state index in [1.54, 1.807) is 30.3 Å². The van der Waals surface area contributed by atoms with Crippen molar-refractivity contribution in [2.45, 2.75) is 19.4 Å². The van der Waals surface area contributed by atoms with E-state index in [4.69, 9.17) is 27.9 Å². The van der Waals surface area contributed by atoms with E-state index >= 15 is 0 Å². The van der Waals surface area contributed by atoms with E-state index in [0.29, 0.717) is 33.7 Å². The summed E-state index contributed by atoms with van der Waals surface area (Å²) < 4.78 is 5.85. The van der Waals surface area contributed by atoms with E-state index in [-0.39, 0.29) is 24.7 Å². The number of hydrogen-bond donors (Lipinski definition) is 2. The molecular formula is C24H21Cl2N3O3. The first kappa shape index (κ1) is 23.3. The molecule has 0 spiro atoms. The van der Waals surface area contributed by atoms with Crippen molar-refractivity contribution in [1.29, 1.82) is 0 Å². The first-order valence-corrected chi connectivity index (χ1v) is 10.6. The van der Waals surface area contributed by atoms with E-state index in [1.807, 2.05) is 42.5 Å². The molecule has 2 amide bonds. The van der Waals surface area contributed by atoms with Gasteiger partial charge in [0.05, 0.1) is 16.3 Å². The maximum absolute atomic E-state index is 12.0. The SMILES string of the molecule is O=C(CCC(=O)Nc1ccccc1)NN=Cc1ccccc1OCc1ccc(Cl)c(Cl)c1. The van der Waals surface area contributed by atoms with Crippen LogP contribution in [0.25, 0.3) is 0 Å². The van der Waals surface area contributed by atoms with Crippen LogP contribution in [0.2, 0.25) is 10.0 Å². The fourth-order valence-electron chi connectivity index (χ4n) is 2.71. The van der Waals surface area contributed by atoms with Gasteiger partial charge >= 0.3 is 0 Å². The van der Waals surface area contributed by atoms with Gasteiger partial charge < -0.3 is 10.1 Å². The Morgan fingerprint density at radius 2 is 1.59 bits per heavy atom. The molecule has 0 bridgehead atoms. The van der Waals surface area contributed by atoms with Gasteiger partial charge in [0.1, 0.15) is 12.4 Å². The third kappa shape index (κ3) is 7.41. The Morgan fingerprint density at radius 3 is 2.38 bits per heavy atom. The summed E-state index contributed by atoms with van der Waals surface area (Å²) in [5.41, 5.74) is 4.67. The highest BCUT2D eigenvalue weighted by Gasteiger charge is 2.07. The predicted octanol–water partition coefficient (Wildman–Crippen LogP) is 5.44. The Kier molecular flexibility index (Phi) is 8.66. The third-order valence-electron chi connectivity index (χ3n) is 4.33. The molecule has 0 aromatic heterocycles. The molecule has 3 rings (SSSR count). The quantitative estimate of drug-likeness (QED) is 0.323. The van der Waals surface area contributed by atoms with Crippen molar-refractivity contribution in [1.82, 2.24) is 5.43 Å². The maximum atomic E-state index is 12.0. The highest BCUT2D eigenvalue weighted by atomic mass is 35.5. The second-order valence-electron chi connectivity index (χ2n) is 6.78. The van der Waals surface area contributed by atoms with Crippen LogP contribution in [0.15, 0.2) is 77.9 Å². The van der Waals surface area contributed by atoms with E-state index in [2.05, 4.69) is 15.8 Å². The topological polar surface area (TPSA) is 79.8 Å². The second kappa shape index (κ2) is 11.9. The Morgan fingerprint density at radius 1 is 0.875 bits per heavy atom. The van der Waals surface area contributed by atoms with Crippen LogP contribution in [0, 0.1) is 0 Å². The number of carbonyl (C=O) groups is 2. The number of hydrazone groups is 1. The van der Waals surface area contributed by atoms with Crippen molar-refractivity contribution in [3.05, 3.63) is 94.0 Å². The number of rotatable bonds is 9. The molecule has 3 aromatic carbocycles. The van der Waals surface area contributed by atoms with Crippen LogP contribution in [-0.2, 0) is 16.2 Å². The van der Waals surface area contributed by atoms with E-state index in [0.717, 1.165) is 5.56 Å². The normalized spacial score (nSPS) is 10.7. The van der Waals surface area contributed by atoms with E-state index in [9.17, 15) is 9.59 Å². The summed E-state index contributed by atoms with van der Waals surface area (Å²) in [6, 6.07) is 21.6. The van der Waals surface area contributed by atoms with Gasteiger partial charge in [-0.25, -0.2) is 5.43 Å². The molecule has 0 saturated heterocycles. The number of para-hydroxylation sites is 2. The van der Waals surface area contributed by atoms with Crippen molar-refractivity contribution in [2.75, 3.05) is 5.32 Å². The smallest absolute Gasteiger partial charge is 0.240 e. The van der Waals surface area contributed by atoms with Crippen molar-refractivity contribution in [3.8, 4) is 5.75 Å². The number of anilines is 1. The van der Waals surface area contributed by atoms with Crippen LogP contribution in [-0.4, -0.2) is 18.0 Å². The lowest BCUT2D eigenvalue weighted by Crippen LogP contribution is -2.20. The van der Waals surface area contributed by atoms with E-state index in [1.165, 1.54) is 6.21 Å². The minimum Gasteiger partial charge on any atom is -0.488 e. The van der Waals surface area contributed by atoms with Gasteiger partial charge in [0.25, 0.3) is 0 Å². The van der Waals surface area contributed by atoms with Crippen molar-refractivity contribution in [2.24, 2.45) is 5.10 Å². The Bertz CT molecular complexity index is 1100. The third-order valence-corrected chi connectivity index (χ3v) is 5.07. The molecule has 0 radical (unpaired) electrons. The molecule has 2 N–H and O–H groups in total. The molecule has 0 saturated carbocycles. The molecule has 0 unspecified atom stereocenters. The monoisotopic (exact) mass is 469 g/mol. The fourth-order valence-corrected chi connectivity index (χ4v) is 3.03. The maximum Gasteiger partial charge on any atom is 0.240 e. The summed E-state index contributed by atoms with van der Waals surface area (Å²) >= 11 is 12.0. The zero-order valence-electron chi connectivity index (χ0n) is 17.1. The van der Waals surface area contributed by atoms with Crippen LogP contribution < -0.4 is 15.5 Å². The largest absolute Gasteiger partial charge is 0.488 e. The fraction of sp³-hybridized carbons (Fsp3) is 0.125. The van der Waals surface area contributed by atoms with E-state index < -0.39 is 0 Å². The lowest BCUT2D eigenvalue weighted by atomic mass is 10.2. The molecule has 0 atom stereocenters. The molecule has 0 heterocycles. The predicted molar refractivity (Wildman–Crippen MR) is 127 cm³/mol. The highest BCUT2D eigenvalue weighted by molar-refractivity contribution is 6.42. The number of halogens is 2. The first-order valence-electron chi connectivity index (χ1n) is 9.84. The summed E-state index contributed by atoms with van der Waals surface area (Å²) in [5, 5.41) is 7.64. The Labute approximate surface area is 196 Å². The number of hydrogen-bond acceptors (Lipinski definition) is 4. The average Bonchev–Trinajstić information content (AvgIpc) is 2.80. The minimum atomic E-state index is -0.362. The van der Waals surface area contributed by atoms with Gasteiger partial charge in [-0.2, -0.15) is 5.10 Å². The standard InChI is InChI=1S/C24H21Cl2N3O3/c25-20-11-10-17(14-21(20)26)16-32-22-9-5-4-6-18(22)15-27-29-24(31)13-12-23(30)28-19-7-2-1-3-8-19/h1-11,14-15H,12-13,16H2,(H,28,30)(H,29,31). The summed E-state index contributed by atoms with van der Waals surface area (Å²) in [4.78, 5) is 23.9. The first-order chi connectivity index (χ1) is 15.5. The lowest BCUT2D eigenvalue weighted by molar-refractivity contribution is -0.124. The van der Waals surface area contributed by atoms with Gasteiger partial charge in [0.2, 0.25) is 11.8 Å². The van der Waals surface area contributed by atoms with Crippen molar-refractivity contribution < 1.29 is 14.3 Å². The molecule has 3 aromatic rings. The van der Waals surface area contributed by atoms with Gasteiger partial charge in [-0.1, -0.05) is 59.6 Å². The van der Waals surface area contributed by atoms with Gasteiger partial charge in [-0.15, -0.1) is 0 Å². The summed E-state index contributed by atoms with van der Waals surface area (Å²) in [6.45, 7) is 0.296. The zero-order valence-corrected chi connectivity index (χ0v) is 18.6. The average molecular weight is 470 g/mol. The molecule has 8 heteroatoms. The van der Waals surface area contributed by atoms with Crippen LogP contribution in [0.3, 0.4) is 0 Å². The molecule has 32 heavy (non-hydrogen) atoms. The van der Waals surface area contributed by atoms with Gasteiger partial charge in [-0.05, 0) is 42.0 Å². The molecule has 0 aliphatic heterocycles. The molecule has 0 aliphatic carbocycles. The number of benzene rings is 3. The number of carbonyl (C=O) groups excluding carboxylic acids is 2. The van der Waals surface area contributed by atoms with Crippen LogP contribution >= 0.6 is 23.2 Å². The second-order valence-corrected chi connectivity index (χ2v) is 7.60. The summed E-state index contributed by atoms with van der Waals surface area (Å²) in [5.74, 6) is -0.00569. The molecule has 0 aliphatic rings.